The molecule has 1 fully saturated rings. The summed E-state index contributed by atoms with van der Waals surface area (Å²) in [5, 5.41) is 21.3. The number of carbonyl (C=O) groups excluding carboxylic acids is 1. The highest BCUT2D eigenvalue weighted by Crippen LogP contribution is 2.32. The number of rotatable bonds is 9. The molecule has 1 aliphatic rings. The van der Waals surface area contributed by atoms with Gasteiger partial charge in [0.1, 0.15) is 18.6 Å². The summed E-state index contributed by atoms with van der Waals surface area (Å²) >= 11 is 5.91. The molecule has 1 unspecified atom stereocenters. The molecule has 0 saturated heterocycles. The zero-order valence-electron chi connectivity index (χ0n) is 20.2. The minimum Gasteiger partial charge on any atom is -0.382 e. The molecule has 1 aliphatic carbocycles. The number of carbonyl (C=O) groups is 1. The molecule has 4 aromatic rings. The van der Waals surface area contributed by atoms with Crippen LogP contribution in [0.5, 0.6) is 0 Å². The lowest BCUT2D eigenvalue weighted by Crippen LogP contribution is -2.37. The van der Waals surface area contributed by atoms with Crippen LogP contribution in [0.2, 0.25) is 5.02 Å². The Morgan fingerprint density at radius 2 is 1.90 bits per heavy atom. The third-order valence-electron chi connectivity index (χ3n) is 6.05. The molecule has 5 rings (SSSR count). The average molecular weight is 563 g/mol. The van der Waals surface area contributed by atoms with Crippen molar-refractivity contribution in [2.75, 3.05) is 5.32 Å². The van der Waals surface area contributed by atoms with Crippen molar-refractivity contribution in [1.82, 2.24) is 34.1 Å². The lowest BCUT2D eigenvalue weighted by atomic mass is 10.2. The van der Waals surface area contributed by atoms with E-state index in [4.69, 9.17) is 11.6 Å². The number of aromatic nitrogens is 7. The second kappa shape index (κ2) is 10.6. The molecule has 1 amide bonds. The quantitative estimate of drug-likeness (QED) is 0.320. The highest BCUT2D eigenvalue weighted by Gasteiger charge is 2.39. The molecule has 39 heavy (non-hydrogen) atoms. The summed E-state index contributed by atoms with van der Waals surface area (Å²) in [4.78, 5) is 33.8. The molecule has 0 aliphatic heterocycles. The van der Waals surface area contributed by atoms with Crippen LogP contribution >= 0.6 is 11.6 Å². The van der Waals surface area contributed by atoms with Gasteiger partial charge in [0.05, 0.1) is 6.54 Å². The Morgan fingerprint density at radius 1 is 1.15 bits per heavy atom. The van der Waals surface area contributed by atoms with E-state index in [1.165, 1.54) is 41.5 Å². The van der Waals surface area contributed by atoms with E-state index in [0.29, 0.717) is 28.6 Å². The number of hydrogen-bond acceptors (Lipinski definition) is 7. The number of pyridine rings is 1. The molecule has 2 N–H and O–H groups in total. The van der Waals surface area contributed by atoms with E-state index in [0.717, 1.165) is 22.1 Å². The topological polar surface area (TPSA) is 133 Å². The normalized spacial score (nSPS) is 14.4. The highest BCUT2D eigenvalue weighted by molar-refractivity contribution is 6.30. The Morgan fingerprint density at radius 3 is 2.59 bits per heavy atom. The minimum atomic E-state index is -4.94. The predicted octanol–water partition coefficient (Wildman–Crippen LogP) is 3.05. The number of nitrogens with zero attached hydrogens (tertiary/aromatic N) is 7. The average Bonchev–Trinajstić information content (AvgIpc) is 3.49. The fourth-order valence-corrected chi connectivity index (χ4v) is 3.99. The number of alkyl halides is 3. The molecule has 15 heteroatoms. The van der Waals surface area contributed by atoms with Crippen LogP contribution in [0.3, 0.4) is 0 Å². The fraction of sp³-hybridized carbons (Fsp3) is 0.333. The summed E-state index contributed by atoms with van der Waals surface area (Å²) < 4.78 is 42.3. The van der Waals surface area contributed by atoms with E-state index in [1.54, 1.807) is 12.1 Å². The van der Waals surface area contributed by atoms with Crippen molar-refractivity contribution in [2.45, 2.75) is 44.6 Å². The third-order valence-corrected chi connectivity index (χ3v) is 6.30. The summed E-state index contributed by atoms with van der Waals surface area (Å²) in [5.41, 5.74) is -0.132. The molecule has 0 radical (unpaired) electrons. The molecule has 0 spiro atoms. The third kappa shape index (κ3) is 6.17. The van der Waals surface area contributed by atoms with E-state index in [2.05, 4.69) is 25.5 Å². The SMILES string of the molecule is O=C(CC1CC1)Nc1ncccc1-n1cnc(Cn2nc(-c3ccc(Cl)cc3)n(CC(O)C(F)(F)F)c2=O)n1. The van der Waals surface area contributed by atoms with Gasteiger partial charge in [-0.3, -0.25) is 9.36 Å². The van der Waals surface area contributed by atoms with E-state index in [9.17, 15) is 27.9 Å². The van der Waals surface area contributed by atoms with Crippen molar-refractivity contribution in [1.29, 1.82) is 0 Å². The molecule has 0 bridgehead atoms. The van der Waals surface area contributed by atoms with Crippen molar-refractivity contribution in [3.05, 3.63) is 70.3 Å². The zero-order chi connectivity index (χ0) is 27.7. The molecular weight excluding hydrogens is 541 g/mol. The Hall–Kier alpha value is -4.04. The Kier molecular flexibility index (Phi) is 7.23. The van der Waals surface area contributed by atoms with E-state index < -0.39 is 24.5 Å². The van der Waals surface area contributed by atoms with Gasteiger partial charge in [0, 0.05) is 23.2 Å². The second-order valence-corrected chi connectivity index (χ2v) is 9.55. The van der Waals surface area contributed by atoms with Crippen LogP contribution in [0.4, 0.5) is 19.0 Å². The van der Waals surface area contributed by atoms with Crippen LogP contribution in [0.1, 0.15) is 25.1 Å². The van der Waals surface area contributed by atoms with Crippen LogP contribution in [0, 0.1) is 5.92 Å². The maximum Gasteiger partial charge on any atom is 0.416 e. The zero-order valence-corrected chi connectivity index (χ0v) is 21.0. The van der Waals surface area contributed by atoms with E-state index in [1.807, 2.05) is 0 Å². The van der Waals surface area contributed by atoms with Gasteiger partial charge in [-0.25, -0.2) is 24.1 Å². The number of amides is 1. The first-order chi connectivity index (χ1) is 18.6. The predicted molar refractivity (Wildman–Crippen MR) is 133 cm³/mol. The number of halogens is 4. The van der Waals surface area contributed by atoms with Crippen molar-refractivity contribution in [3.8, 4) is 17.1 Å². The summed E-state index contributed by atoms with van der Waals surface area (Å²) in [6, 6.07) is 9.34. The highest BCUT2D eigenvalue weighted by atomic mass is 35.5. The summed E-state index contributed by atoms with van der Waals surface area (Å²) in [7, 11) is 0. The van der Waals surface area contributed by atoms with Gasteiger partial charge in [-0.05, 0) is 55.2 Å². The van der Waals surface area contributed by atoms with Crippen LogP contribution < -0.4 is 11.0 Å². The molecule has 1 saturated carbocycles. The Labute approximate surface area is 223 Å². The minimum absolute atomic E-state index is 0.0904. The van der Waals surface area contributed by atoms with Crippen molar-refractivity contribution in [3.63, 3.8) is 0 Å². The smallest absolute Gasteiger partial charge is 0.382 e. The molecule has 3 aromatic heterocycles. The molecule has 3 heterocycles. The van der Waals surface area contributed by atoms with Crippen molar-refractivity contribution >= 4 is 23.3 Å². The van der Waals surface area contributed by atoms with Gasteiger partial charge >= 0.3 is 11.9 Å². The first-order valence-electron chi connectivity index (χ1n) is 11.9. The number of aliphatic hydroxyl groups excluding tert-OH is 1. The lowest BCUT2D eigenvalue weighted by Gasteiger charge is -2.15. The van der Waals surface area contributed by atoms with Crippen molar-refractivity contribution in [2.24, 2.45) is 5.92 Å². The van der Waals surface area contributed by atoms with Gasteiger partial charge in [0.15, 0.2) is 23.6 Å². The lowest BCUT2D eigenvalue weighted by molar-refractivity contribution is -0.207. The molecule has 1 atom stereocenters. The molecule has 11 nitrogen and oxygen atoms in total. The molecular formula is C24H22ClF3N8O3. The van der Waals surface area contributed by atoms with Gasteiger partial charge in [0.25, 0.3) is 0 Å². The second-order valence-electron chi connectivity index (χ2n) is 9.11. The molecule has 204 valence electrons. The fourth-order valence-electron chi connectivity index (χ4n) is 3.86. The number of benzene rings is 1. The van der Waals surface area contributed by atoms with Gasteiger partial charge in [-0.2, -0.15) is 13.2 Å². The first-order valence-corrected chi connectivity index (χ1v) is 12.3. The standard InChI is InChI=1S/C24H22ClF3N8O3/c25-16-7-5-15(6-8-16)22-33-35(23(39)34(22)11-18(37)24(26,27)28)12-19-30-13-36(32-19)17-2-1-9-29-21(17)31-20(38)10-14-3-4-14/h1-2,5-9,13-14,18,37H,3-4,10-12H2,(H,29,31,38). The maximum absolute atomic E-state index is 13.1. The van der Waals surface area contributed by atoms with Gasteiger partial charge < -0.3 is 10.4 Å². The van der Waals surface area contributed by atoms with Crippen LogP contribution in [0.15, 0.2) is 53.7 Å². The summed E-state index contributed by atoms with van der Waals surface area (Å²) in [6.45, 7) is -1.33. The maximum atomic E-state index is 13.1. The largest absolute Gasteiger partial charge is 0.416 e. The van der Waals surface area contributed by atoms with E-state index in [-0.39, 0.29) is 29.9 Å². The first kappa shape index (κ1) is 26.6. The van der Waals surface area contributed by atoms with Crippen LogP contribution in [-0.4, -0.2) is 57.4 Å². The number of aliphatic hydroxyl groups is 1. The Bertz CT molecular complexity index is 1540. The monoisotopic (exact) mass is 562 g/mol. The Balaban J connectivity index is 1.42. The number of hydrogen-bond donors (Lipinski definition) is 2. The van der Waals surface area contributed by atoms with Crippen LogP contribution in [-0.2, 0) is 17.9 Å². The summed E-state index contributed by atoms with van der Waals surface area (Å²) in [5.74, 6) is 0.549. The van der Waals surface area contributed by atoms with Gasteiger partial charge in [-0.1, -0.05) is 11.6 Å². The number of nitrogens with one attached hydrogen (secondary N) is 1. The van der Waals surface area contributed by atoms with Crippen molar-refractivity contribution < 1.29 is 23.1 Å². The van der Waals surface area contributed by atoms with Gasteiger partial charge in [-0.15, -0.1) is 10.2 Å². The molecule has 1 aromatic carbocycles. The number of anilines is 1. The van der Waals surface area contributed by atoms with E-state index >= 15 is 0 Å². The summed E-state index contributed by atoms with van der Waals surface area (Å²) in [6.07, 6.45) is -2.38. The van der Waals surface area contributed by atoms with Crippen LogP contribution in [0.25, 0.3) is 17.1 Å². The van der Waals surface area contributed by atoms with Gasteiger partial charge in [0.2, 0.25) is 5.91 Å².